The maximum Gasteiger partial charge on any atom is 0.281 e. The van der Waals surface area contributed by atoms with E-state index >= 15 is 0 Å². The predicted molar refractivity (Wildman–Crippen MR) is 97.5 cm³/mol. The fourth-order valence-corrected chi connectivity index (χ4v) is 2.76. The van der Waals surface area contributed by atoms with E-state index < -0.39 is 4.92 Å². The maximum atomic E-state index is 11.2. The summed E-state index contributed by atoms with van der Waals surface area (Å²) < 4.78 is 5.78. The van der Waals surface area contributed by atoms with Gasteiger partial charge in [0, 0.05) is 17.1 Å². The summed E-state index contributed by atoms with van der Waals surface area (Å²) in [6.45, 7) is 2.60. The predicted octanol–water partition coefficient (Wildman–Crippen LogP) is 5.36. The van der Waals surface area contributed by atoms with Crippen LogP contribution in [0.3, 0.4) is 0 Å². The van der Waals surface area contributed by atoms with Gasteiger partial charge in [-0.05, 0) is 36.8 Å². The van der Waals surface area contributed by atoms with E-state index in [0.29, 0.717) is 28.7 Å². The normalized spacial score (nSPS) is 12.1. The molecular formula is C19H17ClN2O3. The molecule has 1 atom stereocenters. The van der Waals surface area contributed by atoms with Crippen LogP contribution >= 0.6 is 11.6 Å². The largest absolute Gasteiger partial charge is 0.459 e. The topological polar surface area (TPSA) is 68.3 Å². The van der Waals surface area contributed by atoms with Crippen LogP contribution in [0.15, 0.2) is 65.1 Å². The molecule has 2 aromatic carbocycles. The van der Waals surface area contributed by atoms with E-state index in [1.165, 1.54) is 11.6 Å². The summed E-state index contributed by atoms with van der Waals surface area (Å²) in [5.41, 5.74) is 1.53. The van der Waals surface area contributed by atoms with Crippen molar-refractivity contribution in [1.82, 2.24) is 5.32 Å². The smallest absolute Gasteiger partial charge is 0.281 e. The van der Waals surface area contributed by atoms with E-state index in [1.54, 1.807) is 18.2 Å². The summed E-state index contributed by atoms with van der Waals surface area (Å²) in [5.74, 6) is 1.16. The molecule has 25 heavy (non-hydrogen) atoms. The molecule has 1 aromatic heterocycles. The SMILES string of the molecule is CC(NCc1ccc(-c2ccc(Cl)cc2[N+](=O)[O-])o1)c1ccccc1. The Morgan fingerprint density at radius 3 is 2.64 bits per heavy atom. The van der Waals surface area contributed by atoms with Crippen LogP contribution in [0.1, 0.15) is 24.3 Å². The molecule has 0 aliphatic heterocycles. The summed E-state index contributed by atoms with van der Waals surface area (Å²) in [6.07, 6.45) is 0. The quantitative estimate of drug-likeness (QED) is 0.477. The molecule has 128 valence electrons. The number of hydrogen-bond donors (Lipinski definition) is 1. The highest BCUT2D eigenvalue weighted by Gasteiger charge is 2.18. The number of benzene rings is 2. The van der Waals surface area contributed by atoms with Crippen molar-refractivity contribution in [3.63, 3.8) is 0 Å². The standard InChI is InChI=1S/C19H17ClN2O3/c1-13(14-5-3-2-4-6-14)21-12-16-8-10-19(25-16)17-9-7-15(20)11-18(17)22(23)24/h2-11,13,21H,12H2,1H3. The van der Waals surface area contributed by atoms with Gasteiger partial charge in [0.05, 0.1) is 17.0 Å². The molecule has 3 rings (SSSR count). The number of nitro benzene ring substituents is 1. The minimum atomic E-state index is -0.459. The van der Waals surface area contributed by atoms with E-state index in [2.05, 4.69) is 24.4 Å². The molecule has 0 saturated heterocycles. The van der Waals surface area contributed by atoms with Crippen LogP contribution in [0.4, 0.5) is 5.69 Å². The van der Waals surface area contributed by atoms with Gasteiger partial charge < -0.3 is 9.73 Å². The second-order valence-corrected chi connectivity index (χ2v) is 6.13. The monoisotopic (exact) mass is 356 g/mol. The molecule has 1 N–H and O–H groups in total. The number of rotatable bonds is 6. The molecule has 0 radical (unpaired) electrons. The molecule has 0 amide bonds. The van der Waals surface area contributed by atoms with Crippen molar-refractivity contribution in [2.45, 2.75) is 19.5 Å². The van der Waals surface area contributed by atoms with E-state index in [1.807, 2.05) is 24.3 Å². The van der Waals surface area contributed by atoms with Crippen LogP contribution in [0, 0.1) is 10.1 Å². The molecular weight excluding hydrogens is 340 g/mol. The van der Waals surface area contributed by atoms with Crippen molar-refractivity contribution in [1.29, 1.82) is 0 Å². The lowest BCUT2D eigenvalue weighted by Gasteiger charge is -2.12. The average Bonchev–Trinajstić information content (AvgIpc) is 3.09. The molecule has 6 heteroatoms. The zero-order chi connectivity index (χ0) is 17.8. The Balaban J connectivity index is 1.74. The van der Waals surface area contributed by atoms with Gasteiger partial charge in [-0.2, -0.15) is 0 Å². The minimum absolute atomic E-state index is 0.0704. The van der Waals surface area contributed by atoms with Gasteiger partial charge in [-0.3, -0.25) is 10.1 Å². The molecule has 0 bridgehead atoms. The van der Waals surface area contributed by atoms with E-state index in [4.69, 9.17) is 16.0 Å². The van der Waals surface area contributed by atoms with E-state index in [9.17, 15) is 10.1 Å². The van der Waals surface area contributed by atoms with Crippen LogP contribution in [-0.4, -0.2) is 4.92 Å². The lowest BCUT2D eigenvalue weighted by Crippen LogP contribution is -2.17. The summed E-state index contributed by atoms with van der Waals surface area (Å²) >= 11 is 5.85. The second kappa shape index (κ2) is 7.51. The number of nitrogens with zero attached hydrogens (tertiary/aromatic N) is 1. The highest BCUT2D eigenvalue weighted by Crippen LogP contribution is 2.33. The summed E-state index contributed by atoms with van der Waals surface area (Å²) in [4.78, 5) is 10.8. The number of nitrogens with one attached hydrogen (secondary N) is 1. The zero-order valence-corrected chi connectivity index (χ0v) is 14.4. The van der Waals surface area contributed by atoms with Crippen LogP contribution in [0.25, 0.3) is 11.3 Å². The molecule has 1 heterocycles. The Bertz CT molecular complexity index is 877. The highest BCUT2D eigenvalue weighted by molar-refractivity contribution is 6.30. The van der Waals surface area contributed by atoms with Gasteiger partial charge in [0.15, 0.2) is 0 Å². The Hall–Kier alpha value is -2.63. The lowest BCUT2D eigenvalue weighted by molar-refractivity contribution is -0.384. The first-order chi connectivity index (χ1) is 12.0. The third kappa shape index (κ3) is 4.07. The van der Waals surface area contributed by atoms with Crippen LogP contribution in [0.5, 0.6) is 0 Å². The third-order valence-electron chi connectivity index (χ3n) is 3.97. The number of furan rings is 1. The van der Waals surface area contributed by atoms with Crippen molar-refractivity contribution in [2.75, 3.05) is 0 Å². The first kappa shape index (κ1) is 17.2. The zero-order valence-electron chi connectivity index (χ0n) is 13.6. The van der Waals surface area contributed by atoms with Crippen molar-refractivity contribution in [3.05, 3.63) is 87.1 Å². The van der Waals surface area contributed by atoms with Crippen molar-refractivity contribution >= 4 is 17.3 Å². The number of halogens is 1. The molecule has 0 saturated carbocycles. The Morgan fingerprint density at radius 1 is 1.16 bits per heavy atom. The number of nitro groups is 1. The molecule has 1 unspecified atom stereocenters. The summed E-state index contributed by atoms with van der Waals surface area (Å²) in [7, 11) is 0. The number of hydrogen-bond acceptors (Lipinski definition) is 4. The van der Waals surface area contributed by atoms with Gasteiger partial charge in [-0.1, -0.05) is 41.9 Å². The third-order valence-corrected chi connectivity index (χ3v) is 4.20. The van der Waals surface area contributed by atoms with Crippen molar-refractivity contribution < 1.29 is 9.34 Å². The van der Waals surface area contributed by atoms with Gasteiger partial charge in [-0.25, -0.2) is 0 Å². The lowest BCUT2D eigenvalue weighted by atomic mass is 10.1. The minimum Gasteiger partial charge on any atom is -0.459 e. The van der Waals surface area contributed by atoms with E-state index in [-0.39, 0.29) is 11.7 Å². The molecule has 0 spiro atoms. The van der Waals surface area contributed by atoms with Gasteiger partial charge in [0.2, 0.25) is 0 Å². The van der Waals surface area contributed by atoms with Gasteiger partial charge >= 0.3 is 0 Å². The summed E-state index contributed by atoms with van der Waals surface area (Å²) in [5, 5.41) is 14.9. The highest BCUT2D eigenvalue weighted by atomic mass is 35.5. The first-order valence-electron chi connectivity index (χ1n) is 7.86. The Morgan fingerprint density at radius 2 is 1.92 bits per heavy atom. The van der Waals surface area contributed by atoms with Crippen molar-refractivity contribution in [3.8, 4) is 11.3 Å². The van der Waals surface area contributed by atoms with Gasteiger partial charge in [0.1, 0.15) is 11.5 Å². The molecule has 5 nitrogen and oxygen atoms in total. The fourth-order valence-electron chi connectivity index (χ4n) is 2.60. The Labute approximate surface area is 150 Å². The van der Waals surface area contributed by atoms with Crippen LogP contribution in [-0.2, 0) is 6.54 Å². The van der Waals surface area contributed by atoms with E-state index in [0.717, 1.165) is 0 Å². The van der Waals surface area contributed by atoms with Crippen LogP contribution < -0.4 is 5.32 Å². The summed E-state index contributed by atoms with van der Waals surface area (Å²) in [6, 6.07) is 18.4. The van der Waals surface area contributed by atoms with Crippen LogP contribution in [0.2, 0.25) is 5.02 Å². The van der Waals surface area contributed by atoms with Gasteiger partial charge in [0.25, 0.3) is 5.69 Å². The molecule has 0 aliphatic rings. The molecule has 0 fully saturated rings. The Kier molecular flexibility index (Phi) is 5.16. The fraction of sp³-hybridized carbons (Fsp3) is 0.158. The maximum absolute atomic E-state index is 11.2. The second-order valence-electron chi connectivity index (χ2n) is 5.70. The van der Waals surface area contributed by atoms with Crippen molar-refractivity contribution in [2.24, 2.45) is 0 Å². The average molecular weight is 357 g/mol. The molecule has 0 aliphatic carbocycles. The van der Waals surface area contributed by atoms with Gasteiger partial charge in [-0.15, -0.1) is 0 Å². The first-order valence-corrected chi connectivity index (χ1v) is 8.24. The molecule has 3 aromatic rings.